The lowest BCUT2D eigenvalue weighted by atomic mass is 9.71. The van der Waals surface area contributed by atoms with E-state index < -0.39 is 11.9 Å². The van der Waals surface area contributed by atoms with Crippen LogP contribution in [0.5, 0.6) is 23.0 Å². The molecule has 0 spiro atoms. The number of aromatic hydroxyl groups is 1. The number of phenols is 1. The average molecular weight is 586 g/mol. The molecule has 4 rings (SSSR count). The summed E-state index contributed by atoms with van der Waals surface area (Å²) in [6.07, 6.45) is 0.485. The first kappa shape index (κ1) is 27.6. The molecule has 38 heavy (non-hydrogen) atoms. The number of hydrogen-bond acceptors (Lipinski definition) is 8. The van der Waals surface area contributed by atoms with Crippen molar-refractivity contribution in [3.8, 4) is 23.0 Å². The van der Waals surface area contributed by atoms with Crippen molar-refractivity contribution in [3.63, 3.8) is 0 Å². The highest BCUT2D eigenvalue weighted by Crippen LogP contribution is 2.48. The first-order valence-corrected chi connectivity index (χ1v) is 13.1. The van der Waals surface area contributed by atoms with Crippen molar-refractivity contribution in [2.75, 3.05) is 21.3 Å². The number of carbonyl (C=O) groups excluding carboxylic acids is 2. The molecule has 2 atom stereocenters. The first-order chi connectivity index (χ1) is 18.1. The smallest absolute Gasteiger partial charge is 0.337 e. The van der Waals surface area contributed by atoms with Crippen molar-refractivity contribution < 1.29 is 33.6 Å². The van der Waals surface area contributed by atoms with Crippen LogP contribution in [0, 0.1) is 0 Å². The molecule has 2 aromatic carbocycles. The second-order valence-corrected chi connectivity index (χ2v) is 10.5. The summed E-state index contributed by atoms with van der Waals surface area (Å²) in [7, 11) is 4.61. The third-order valence-electron chi connectivity index (χ3n) is 6.87. The number of allylic oxidation sites excluding steroid dienone is 3. The fourth-order valence-corrected chi connectivity index (χ4v) is 5.64. The van der Waals surface area contributed by atoms with Gasteiger partial charge in [-0.2, -0.15) is 0 Å². The number of halogens is 1. The van der Waals surface area contributed by atoms with Crippen LogP contribution in [-0.2, 0) is 14.3 Å². The van der Waals surface area contributed by atoms with Gasteiger partial charge in [0.05, 0.1) is 37.5 Å². The van der Waals surface area contributed by atoms with Crippen LogP contribution in [-0.4, -0.2) is 44.3 Å². The van der Waals surface area contributed by atoms with Crippen molar-refractivity contribution in [1.29, 1.82) is 0 Å². The van der Waals surface area contributed by atoms with Crippen LogP contribution in [0.15, 0.2) is 57.3 Å². The van der Waals surface area contributed by atoms with E-state index in [2.05, 4.69) is 21.2 Å². The van der Waals surface area contributed by atoms with Gasteiger partial charge in [-0.3, -0.25) is 4.79 Å². The lowest BCUT2D eigenvalue weighted by Gasteiger charge is -2.37. The number of nitrogens with one attached hydrogen (secondary N) is 1. The van der Waals surface area contributed by atoms with Crippen molar-refractivity contribution in [2.45, 2.75) is 51.6 Å². The maximum Gasteiger partial charge on any atom is 0.337 e. The van der Waals surface area contributed by atoms with E-state index in [1.807, 2.05) is 25.1 Å². The molecule has 1 aliphatic heterocycles. The largest absolute Gasteiger partial charge is 0.503 e. The molecule has 8 nitrogen and oxygen atoms in total. The standard InChI is InChI=1S/C29H32BrNO7/c1-14(2)38-29(34)25-15(3)31-20-10-17(16-7-8-22(35-4)23(12-16)36-5)11-21(32)27(20)26(25)18-9-19(30)28(33)24(13-18)37-6/h7-9,12-14,17,26,31,33H,10-11H2,1-6H3/t17-,26-/m1/s1. The molecule has 0 amide bonds. The van der Waals surface area contributed by atoms with E-state index >= 15 is 0 Å². The van der Waals surface area contributed by atoms with Crippen LogP contribution in [0.25, 0.3) is 0 Å². The highest BCUT2D eigenvalue weighted by atomic mass is 79.9. The average Bonchev–Trinajstić information content (AvgIpc) is 2.88. The monoisotopic (exact) mass is 585 g/mol. The Bertz CT molecular complexity index is 1340. The van der Waals surface area contributed by atoms with Crippen molar-refractivity contribution in [2.24, 2.45) is 0 Å². The van der Waals surface area contributed by atoms with Crippen LogP contribution >= 0.6 is 15.9 Å². The van der Waals surface area contributed by atoms with Crippen molar-refractivity contribution in [3.05, 3.63) is 68.5 Å². The Morgan fingerprint density at radius 3 is 2.29 bits per heavy atom. The zero-order valence-electron chi connectivity index (χ0n) is 22.3. The summed E-state index contributed by atoms with van der Waals surface area (Å²) in [5.74, 6) is 0.0317. The van der Waals surface area contributed by atoms with Gasteiger partial charge in [-0.05, 0) is 84.4 Å². The lowest BCUT2D eigenvalue weighted by Crippen LogP contribution is -2.36. The van der Waals surface area contributed by atoms with Crippen LogP contribution in [0.4, 0.5) is 0 Å². The second-order valence-electron chi connectivity index (χ2n) is 9.64. The molecule has 0 saturated carbocycles. The van der Waals surface area contributed by atoms with Crippen LogP contribution in [0.1, 0.15) is 56.6 Å². The second kappa shape index (κ2) is 11.1. The third-order valence-corrected chi connectivity index (χ3v) is 7.48. The van der Waals surface area contributed by atoms with Gasteiger partial charge in [0.25, 0.3) is 0 Å². The van der Waals surface area contributed by atoms with E-state index in [9.17, 15) is 14.7 Å². The zero-order valence-corrected chi connectivity index (χ0v) is 23.9. The number of carbonyl (C=O) groups is 2. The Kier molecular flexibility index (Phi) is 8.06. The number of dihydropyridines is 1. The maximum atomic E-state index is 13.9. The van der Waals surface area contributed by atoms with Gasteiger partial charge < -0.3 is 29.4 Å². The van der Waals surface area contributed by atoms with Crippen molar-refractivity contribution in [1.82, 2.24) is 5.32 Å². The zero-order chi connectivity index (χ0) is 27.7. The minimum Gasteiger partial charge on any atom is -0.503 e. The van der Waals surface area contributed by atoms with Gasteiger partial charge in [0, 0.05) is 29.3 Å². The molecule has 2 N–H and O–H groups in total. The summed E-state index contributed by atoms with van der Waals surface area (Å²) in [4.78, 5) is 27.2. The molecule has 2 aliphatic rings. The normalized spacial score (nSPS) is 19.2. The predicted molar refractivity (Wildman–Crippen MR) is 146 cm³/mol. The minimum absolute atomic E-state index is 0.0603. The topological polar surface area (TPSA) is 103 Å². The molecule has 0 unspecified atom stereocenters. The molecular weight excluding hydrogens is 554 g/mol. The number of esters is 1. The summed E-state index contributed by atoms with van der Waals surface area (Å²) in [5, 5.41) is 13.8. The van der Waals surface area contributed by atoms with Gasteiger partial charge >= 0.3 is 5.97 Å². The Morgan fingerprint density at radius 2 is 1.66 bits per heavy atom. The Balaban J connectivity index is 1.83. The fraction of sp³-hybridized carbons (Fsp3) is 0.379. The van der Waals surface area contributed by atoms with Crippen LogP contribution in [0.3, 0.4) is 0 Å². The molecule has 1 heterocycles. The summed E-state index contributed by atoms with van der Waals surface area (Å²) in [6.45, 7) is 5.37. The van der Waals surface area contributed by atoms with Gasteiger partial charge in [-0.15, -0.1) is 0 Å². The summed E-state index contributed by atoms with van der Waals surface area (Å²) < 4.78 is 22.2. The Labute approximate surface area is 230 Å². The van der Waals surface area contributed by atoms with Crippen molar-refractivity contribution >= 4 is 27.7 Å². The number of methoxy groups -OCH3 is 3. The number of rotatable bonds is 7. The summed E-state index contributed by atoms with van der Waals surface area (Å²) in [5.41, 5.74) is 3.84. The Hall–Kier alpha value is -3.46. The SMILES string of the molecule is COc1ccc([C@H]2CC(=O)C3=C(C2)NC(C)=C(C(=O)OC(C)C)[C@H]3c2cc(Br)c(O)c(OC)c2)cc1OC. The van der Waals surface area contributed by atoms with Crippen LogP contribution in [0.2, 0.25) is 0 Å². The quantitative estimate of drug-likeness (QED) is 0.411. The first-order valence-electron chi connectivity index (χ1n) is 12.3. The molecule has 0 bridgehead atoms. The minimum atomic E-state index is -0.692. The molecule has 2 aromatic rings. The van der Waals surface area contributed by atoms with E-state index in [1.54, 1.807) is 40.2 Å². The molecule has 1 aliphatic carbocycles. The van der Waals surface area contributed by atoms with Gasteiger partial charge in [0.2, 0.25) is 0 Å². The molecule has 0 fully saturated rings. The molecule has 0 saturated heterocycles. The van der Waals surface area contributed by atoms with Gasteiger partial charge in [-0.25, -0.2) is 4.79 Å². The number of hydrogen-bond donors (Lipinski definition) is 2. The summed E-state index contributed by atoms with van der Waals surface area (Å²) in [6, 6.07) is 9.05. The molecular formula is C29H32BrNO7. The van der Waals surface area contributed by atoms with Gasteiger partial charge in [-0.1, -0.05) is 6.07 Å². The van der Waals surface area contributed by atoms with Crippen LogP contribution < -0.4 is 19.5 Å². The molecule has 9 heteroatoms. The number of benzene rings is 2. The lowest BCUT2D eigenvalue weighted by molar-refractivity contribution is -0.143. The number of ether oxygens (including phenoxy) is 4. The fourth-order valence-electron chi connectivity index (χ4n) is 5.18. The van der Waals surface area contributed by atoms with Gasteiger partial charge in [0.1, 0.15) is 0 Å². The predicted octanol–water partition coefficient (Wildman–Crippen LogP) is 5.49. The maximum absolute atomic E-state index is 13.9. The molecule has 0 radical (unpaired) electrons. The number of ketones is 1. The molecule has 0 aromatic heterocycles. The summed E-state index contributed by atoms with van der Waals surface area (Å²) >= 11 is 3.38. The number of Topliss-reactive ketones (excluding diaryl/α,β-unsaturated/α-hetero) is 1. The highest BCUT2D eigenvalue weighted by molar-refractivity contribution is 9.10. The van der Waals surface area contributed by atoms with E-state index in [-0.39, 0.29) is 35.7 Å². The van der Waals surface area contributed by atoms with E-state index in [4.69, 9.17) is 18.9 Å². The highest BCUT2D eigenvalue weighted by Gasteiger charge is 2.42. The molecule has 202 valence electrons. The van der Waals surface area contributed by atoms with Gasteiger partial charge in [0.15, 0.2) is 28.8 Å². The van der Waals surface area contributed by atoms with E-state index in [0.29, 0.717) is 44.8 Å². The third kappa shape index (κ3) is 5.12. The Morgan fingerprint density at radius 1 is 1.00 bits per heavy atom. The van der Waals surface area contributed by atoms with E-state index in [0.717, 1.165) is 11.3 Å². The van der Waals surface area contributed by atoms with E-state index in [1.165, 1.54) is 7.11 Å². The number of phenolic OH excluding ortho intramolecular Hbond substituents is 1.